The summed E-state index contributed by atoms with van der Waals surface area (Å²) < 4.78 is 76.6. The van der Waals surface area contributed by atoms with Gasteiger partial charge in [-0.2, -0.15) is 13.2 Å². The highest BCUT2D eigenvalue weighted by Crippen LogP contribution is 2.43. The van der Waals surface area contributed by atoms with E-state index >= 15 is 0 Å². The molecule has 1 unspecified atom stereocenters. The van der Waals surface area contributed by atoms with Gasteiger partial charge in [0.25, 0.3) is 5.91 Å². The first-order chi connectivity index (χ1) is 16.4. The molecule has 2 heterocycles. The van der Waals surface area contributed by atoms with E-state index in [2.05, 4.69) is 10.3 Å². The van der Waals surface area contributed by atoms with E-state index in [1.54, 1.807) is 0 Å². The molecule has 2 amide bonds. The molecule has 1 aromatic heterocycles. The Morgan fingerprint density at radius 3 is 2.40 bits per heavy atom. The Morgan fingerprint density at radius 2 is 1.86 bits per heavy atom. The van der Waals surface area contributed by atoms with Gasteiger partial charge in [0.2, 0.25) is 5.91 Å². The predicted molar refractivity (Wildman–Crippen MR) is 116 cm³/mol. The summed E-state index contributed by atoms with van der Waals surface area (Å²) in [6, 6.07) is 3.14. The average molecular weight is 514 g/mol. The van der Waals surface area contributed by atoms with E-state index in [1.165, 1.54) is 17.0 Å². The van der Waals surface area contributed by atoms with Crippen LogP contribution in [0.15, 0.2) is 41.6 Å². The first kappa shape index (κ1) is 25.1. The number of pyridine rings is 1. The van der Waals surface area contributed by atoms with E-state index in [4.69, 9.17) is 0 Å². The minimum Gasteiger partial charge on any atom is -0.347 e. The lowest BCUT2D eigenvalue weighted by atomic mass is 9.99. The number of benzene rings is 1. The summed E-state index contributed by atoms with van der Waals surface area (Å²) in [4.78, 5) is 31.3. The molecule has 35 heavy (non-hydrogen) atoms. The Labute approximate surface area is 199 Å². The minimum atomic E-state index is -4.68. The number of carbonyl (C=O) groups excluding carboxylic acids is 2. The van der Waals surface area contributed by atoms with Crippen LogP contribution in [0, 0.1) is 11.7 Å². The Hall–Kier alpha value is -3.02. The number of aromatic nitrogens is 1. The van der Waals surface area contributed by atoms with E-state index in [9.17, 15) is 35.6 Å². The van der Waals surface area contributed by atoms with Crippen LogP contribution in [0.3, 0.4) is 0 Å². The number of amides is 2. The molecule has 1 aromatic carbocycles. The van der Waals surface area contributed by atoms with Gasteiger partial charge >= 0.3 is 6.18 Å². The smallest absolute Gasteiger partial charge is 0.347 e. The van der Waals surface area contributed by atoms with Crippen LogP contribution in [-0.4, -0.2) is 49.0 Å². The molecular weight excluding hydrogens is 490 g/mol. The lowest BCUT2D eigenvalue weighted by Gasteiger charge is -2.27. The zero-order valence-corrected chi connectivity index (χ0v) is 19.5. The maximum absolute atomic E-state index is 14.6. The summed E-state index contributed by atoms with van der Waals surface area (Å²) in [5.41, 5.74) is -1.02. The zero-order chi connectivity index (χ0) is 25.5. The van der Waals surface area contributed by atoms with Crippen molar-refractivity contribution in [3.05, 3.63) is 59.0 Å². The van der Waals surface area contributed by atoms with E-state index in [1.807, 2.05) is 0 Å². The van der Waals surface area contributed by atoms with Crippen LogP contribution in [-0.2, 0) is 20.8 Å². The third kappa shape index (κ3) is 5.47. The molecule has 1 saturated heterocycles. The first-order valence-corrected chi connectivity index (χ1v) is 12.9. The van der Waals surface area contributed by atoms with Crippen molar-refractivity contribution in [3.63, 3.8) is 0 Å². The van der Waals surface area contributed by atoms with Crippen LogP contribution in [0.2, 0.25) is 0 Å². The summed E-state index contributed by atoms with van der Waals surface area (Å²) in [6.45, 7) is 0.285. The molecule has 1 aliphatic heterocycles. The van der Waals surface area contributed by atoms with Gasteiger partial charge in [-0.1, -0.05) is 6.07 Å². The fourth-order valence-electron chi connectivity index (χ4n) is 4.26. The van der Waals surface area contributed by atoms with Crippen LogP contribution < -0.4 is 5.32 Å². The van der Waals surface area contributed by atoms with Gasteiger partial charge in [0.1, 0.15) is 11.9 Å². The fourth-order valence-corrected chi connectivity index (χ4v) is 4.82. The van der Waals surface area contributed by atoms with Gasteiger partial charge in [0, 0.05) is 24.6 Å². The summed E-state index contributed by atoms with van der Waals surface area (Å²) in [7, 11) is -3.54. The highest BCUT2D eigenvalue weighted by molar-refractivity contribution is 7.90. The molecule has 2 atom stereocenters. The van der Waals surface area contributed by atoms with Gasteiger partial charge in [-0.15, -0.1) is 0 Å². The summed E-state index contributed by atoms with van der Waals surface area (Å²) >= 11 is 0. The van der Waals surface area contributed by atoms with Gasteiger partial charge in [-0.25, -0.2) is 17.8 Å². The Kier molecular flexibility index (Phi) is 6.60. The van der Waals surface area contributed by atoms with Crippen LogP contribution in [0.5, 0.6) is 0 Å². The number of rotatable bonds is 6. The quantitative estimate of drug-likeness (QED) is 0.597. The molecule has 12 heteroatoms. The van der Waals surface area contributed by atoms with Crippen LogP contribution in [0.4, 0.5) is 17.6 Å². The number of likely N-dealkylation sites (tertiary alicyclic amines) is 1. The number of nitrogens with one attached hydrogen (secondary N) is 1. The molecular formula is C23H23F4N3O4S. The second-order valence-corrected chi connectivity index (χ2v) is 10.8. The van der Waals surface area contributed by atoms with Crippen molar-refractivity contribution >= 4 is 21.7 Å². The largest absolute Gasteiger partial charge is 0.416 e. The van der Waals surface area contributed by atoms with Crippen molar-refractivity contribution in [2.24, 2.45) is 5.92 Å². The van der Waals surface area contributed by atoms with E-state index in [-0.39, 0.29) is 28.6 Å². The average Bonchev–Trinajstić information content (AvgIpc) is 3.51. The van der Waals surface area contributed by atoms with Crippen molar-refractivity contribution in [1.82, 2.24) is 15.2 Å². The van der Waals surface area contributed by atoms with Crippen LogP contribution in [0.25, 0.3) is 0 Å². The molecule has 1 saturated carbocycles. The van der Waals surface area contributed by atoms with Crippen molar-refractivity contribution < 1.29 is 35.6 Å². The van der Waals surface area contributed by atoms with Crippen molar-refractivity contribution in [2.75, 3.05) is 12.8 Å². The molecule has 1 N–H and O–H groups in total. The van der Waals surface area contributed by atoms with Gasteiger partial charge in [0.15, 0.2) is 14.9 Å². The number of hydrogen-bond donors (Lipinski definition) is 1. The van der Waals surface area contributed by atoms with Crippen molar-refractivity contribution in [1.29, 1.82) is 0 Å². The maximum Gasteiger partial charge on any atom is 0.416 e. The van der Waals surface area contributed by atoms with E-state index in [0.29, 0.717) is 31.7 Å². The maximum atomic E-state index is 14.6. The summed E-state index contributed by atoms with van der Waals surface area (Å²) in [6.07, 6.45) is -0.268. The number of sulfone groups is 1. The number of alkyl halides is 3. The molecule has 0 radical (unpaired) electrons. The normalized spacial score (nSPS) is 19.5. The fraction of sp³-hybridized carbons (Fsp3) is 0.435. The van der Waals surface area contributed by atoms with Crippen LogP contribution in [0.1, 0.15) is 53.2 Å². The lowest BCUT2D eigenvalue weighted by Crippen LogP contribution is -2.47. The first-order valence-electron chi connectivity index (χ1n) is 11.0. The molecule has 0 bridgehead atoms. The Morgan fingerprint density at radius 1 is 1.14 bits per heavy atom. The van der Waals surface area contributed by atoms with Crippen molar-refractivity contribution in [3.8, 4) is 0 Å². The highest BCUT2D eigenvalue weighted by Gasteiger charge is 2.40. The topological polar surface area (TPSA) is 96.4 Å². The Balaban J connectivity index is 1.51. The number of carbonyl (C=O) groups is 2. The van der Waals surface area contributed by atoms with Gasteiger partial charge in [0.05, 0.1) is 17.2 Å². The minimum absolute atomic E-state index is 0.0229. The van der Waals surface area contributed by atoms with Crippen LogP contribution >= 0.6 is 0 Å². The third-order valence-corrected chi connectivity index (χ3v) is 7.23. The molecule has 188 valence electrons. The lowest BCUT2D eigenvalue weighted by molar-refractivity contribution is -0.137. The number of nitrogens with zero attached hydrogens (tertiary/aromatic N) is 2. The van der Waals surface area contributed by atoms with Gasteiger partial charge in [-0.3, -0.25) is 9.59 Å². The van der Waals surface area contributed by atoms with E-state index < -0.39 is 51.3 Å². The molecule has 7 nitrogen and oxygen atoms in total. The highest BCUT2D eigenvalue weighted by atomic mass is 32.2. The molecule has 1 aliphatic carbocycles. The summed E-state index contributed by atoms with van der Waals surface area (Å²) in [5.74, 6) is -2.18. The second-order valence-electron chi connectivity index (χ2n) is 8.87. The number of hydrogen-bond acceptors (Lipinski definition) is 5. The monoisotopic (exact) mass is 513 g/mol. The third-order valence-electron chi connectivity index (χ3n) is 6.23. The molecule has 4 rings (SSSR count). The summed E-state index contributed by atoms with van der Waals surface area (Å²) in [5, 5.41) is 2.57. The van der Waals surface area contributed by atoms with Gasteiger partial charge in [-0.05, 0) is 55.9 Å². The second kappa shape index (κ2) is 9.21. The van der Waals surface area contributed by atoms with Crippen molar-refractivity contribution in [2.45, 2.75) is 49.0 Å². The molecule has 0 spiro atoms. The Bertz CT molecular complexity index is 1240. The van der Waals surface area contributed by atoms with Gasteiger partial charge < -0.3 is 10.2 Å². The number of halogens is 4. The van der Waals surface area contributed by atoms with E-state index in [0.717, 1.165) is 24.6 Å². The predicted octanol–water partition coefficient (Wildman–Crippen LogP) is 3.52. The zero-order valence-electron chi connectivity index (χ0n) is 18.7. The molecule has 2 aromatic rings. The SMILES string of the molecule is CS(=O)(=O)c1ccc(C(=O)N2CCC[C@@H]2C(=O)NC(c2ccc(C(F)(F)F)cc2F)C2CC2)cn1. The molecule has 2 fully saturated rings. The molecule has 2 aliphatic rings. The standard InChI is InChI=1S/C23H23F4N3O4S/c1-35(33,34)19-9-6-14(12-28-19)22(32)30-10-2-3-18(30)21(31)29-20(13-4-5-13)16-8-7-15(11-17(16)24)23(25,26)27/h6-9,11-13,18,20H,2-5,10H2,1H3,(H,29,31)/t18-,20?/m1/s1.